The Balaban J connectivity index is 1.66. The zero-order chi connectivity index (χ0) is 22.0. The first-order valence-electron chi connectivity index (χ1n) is 10.3. The van der Waals surface area contributed by atoms with E-state index >= 15 is 0 Å². The third-order valence-corrected chi connectivity index (χ3v) is 6.87. The van der Waals surface area contributed by atoms with Crippen LogP contribution in [-0.4, -0.2) is 13.1 Å². The molecule has 0 amide bonds. The van der Waals surface area contributed by atoms with Crippen molar-refractivity contribution in [2.45, 2.75) is 13.8 Å². The monoisotopic (exact) mass is 451 g/mol. The Morgan fingerprint density at radius 2 is 1.94 bits per heavy atom. The van der Waals surface area contributed by atoms with Crippen LogP contribution in [-0.2, 0) is 7.05 Å². The fourth-order valence-corrected chi connectivity index (χ4v) is 4.90. The molecule has 0 bridgehead atoms. The zero-order valence-electron chi connectivity index (χ0n) is 17.8. The number of rotatable bonds is 6. The topological polar surface area (TPSA) is 37.3 Å². The number of benzene rings is 2. The van der Waals surface area contributed by atoms with Gasteiger partial charge in [-0.25, -0.2) is 4.79 Å². The minimum atomic E-state index is -0.440. The molecule has 31 heavy (non-hydrogen) atoms. The zero-order valence-corrected chi connectivity index (χ0v) is 19.3. The Labute approximate surface area is 190 Å². The van der Waals surface area contributed by atoms with Gasteiger partial charge in [-0.2, -0.15) is 4.57 Å². The van der Waals surface area contributed by atoms with Crippen LogP contribution in [0.4, 0.5) is 5.69 Å². The van der Waals surface area contributed by atoms with Gasteiger partial charge in [0.25, 0.3) is 5.01 Å². The van der Waals surface area contributed by atoms with Crippen LogP contribution in [0.15, 0.2) is 69.9 Å². The van der Waals surface area contributed by atoms with Crippen molar-refractivity contribution in [3.8, 4) is 0 Å². The van der Waals surface area contributed by atoms with Crippen molar-refractivity contribution >= 4 is 60.9 Å². The Kier molecular flexibility index (Phi) is 6.25. The maximum atomic E-state index is 12.5. The van der Waals surface area contributed by atoms with E-state index in [2.05, 4.69) is 35.4 Å². The molecule has 2 aromatic carbocycles. The van der Waals surface area contributed by atoms with Crippen molar-refractivity contribution in [3.05, 3.63) is 81.7 Å². The van der Waals surface area contributed by atoms with Crippen LogP contribution < -0.4 is 15.1 Å². The first kappa shape index (κ1) is 21.3. The molecule has 158 valence electrons. The highest BCUT2D eigenvalue weighted by molar-refractivity contribution is 7.18. The van der Waals surface area contributed by atoms with Crippen molar-refractivity contribution in [1.82, 2.24) is 0 Å². The van der Waals surface area contributed by atoms with Gasteiger partial charge in [-0.1, -0.05) is 41.1 Å². The Hall–Kier alpha value is -2.89. The van der Waals surface area contributed by atoms with E-state index in [-0.39, 0.29) is 0 Å². The summed E-state index contributed by atoms with van der Waals surface area (Å²) in [5.74, 6) is 0. The summed E-state index contributed by atoms with van der Waals surface area (Å²) in [7, 11) is 2.04. The van der Waals surface area contributed by atoms with Gasteiger partial charge in [0.1, 0.15) is 17.3 Å². The number of nitrogens with zero attached hydrogens (tertiary/aromatic N) is 2. The second kappa shape index (κ2) is 9.08. The Bertz CT molecular complexity index is 1360. The fourth-order valence-electron chi connectivity index (χ4n) is 3.63. The predicted octanol–water partition coefficient (Wildman–Crippen LogP) is 5.97. The van der Waals surface area contributed by atoms with Crippen LogP contribution in [0.1, 0.15) is 24.4 Å². The molecule has 4 rings (SSSR count). The lowest BCUT2D eigenvalue weighted by Gasteiger charge is -2.21. The molecule has 2 aromatic heterocycles. The van der Waals surface area contributed by atoms with Crippen molar-refractivity contribution in [2.24, 2.45) is 7.05 Å². The quantitative estimate of drug-likeness (QED) is 0.206. The molecule has 0 unspecified atom stereocenters. The highest BCUT2D eigenvalue weighted by Crippen LogP contribution is 2.25. The van der Waals surface area contributed by atoms with Gasteiger partial charge in [-0.15, -0.1) is 0 Å². The third kappa shape index (κ3) is 4.29. The minimum Gasteiger partial charge on any atom is -0.422 e. The fraction of sp³-hybridized carbons (Fsp3) is 0.200. The van der Waals surface area contributed by atoms with E-state index in [9.17, 15) is 4.79 Å². The molecule has 0 N–H and O–H groups in total. The summed E-state index contributed by atoms with van der Waals surface area (Å²) >= 11 is 8.19. The molecule has 0 aliphatic carbocycles. The number of halogens is 1. The maximum Gasteiger partial charge on any atom is 0.345 e. The van der Waals surface area contributed by atoms with E-state index < -0.39 is 5.63 Å². The van der Waals surface area contributed by atoms with Crippen LogP contribution in [0.2, 0.25) is 0 Å². The number of aryl methyl sites for hydroxylation is 1. The van der Waals surface area contributed by atoms with Gasteiger partial charge >= 0.3 is 5.63 Å². The van der Waals surface area contributed by atoms with Crippen molar-refractivity contribution in [1.29, 1.82) is 0 Å². The number of aromatic nitrogens is 1. The summed E-state index contributed by atoms with van der Waals surface area (Å²) in [6.45, 7) is 6.05. The average molecular weight is 452 g/mol. The van der Waals surface area contributed by atoms with Gasteiger partial charge in [-0.3, -0.25) is 0 Å². The van der Waals surface area contributed by atoms with E-state index in [0.29, 0.717) is 16.2 Å². The van der Waals surface area contributed by atoms with Gasteiger partial charge in [0.2, 0.25) is 5.52 Å². The summed E-state index contributed by atoms with van der Waals surface area (Å²) < 4.78 is 8.87. The molecule has 0 saturated heterocycles. The lowest BCUT2D eigenvalue weighted by molar-refractivity contribution is -0.642. The lowest BCUT2D eigenvalue weighted by Crippen LogP contribution is -2.28. The Morgan fingerprint density at radius 3 is 2.68 bits per heavy atom. The lowest BCUT2D eigenvalue weighted by atomic mass is 10.1. The summed E-state index contributed by atoms with van der Waals surface area (Å²) in [5.41, 5.74) is 2.75. The third-order valence-electron chi connectivity index (χ3n) is 5.35. The van der Waals surface area contributed by atoms with E-state index in [1.54, 1.807) is 23.5 Å². The molecular weight excluding hydrogens is 428 g/mol. The second-order valence-electron chi connectivity index (χ2n) is 7.18. The summed E-state index contributed by atoms with van der Waals surface area (Å²) in [6, 6.07) is 15.9. The first-order chi connectivity index (χ1) is 15.0. The normalized spacial score (nSPS) is 12.3. The van der Waals surface area contributed by atoms with E-state index in [1.807, 2.05) is 49.5 Å². The van der Waals surface area contributed by atoms with Gasteiger partial charge < -0.3 is 9.32 Å². The molecule has 6 heteroatoms. The van der Waals surface area contributed by atoms with Crippen molar-refractivity contribution in [2.75, 3.05) is 18.0 Å². The molecule has 4 aromatic rings. The van der Waals surface area contributed by atoms with Crippen LogP contribution in [0.5, 0.6) is 0 Å². The second-order valence-corrected chi connectivity index (χ2v) is 8.65. The van der Waals surface area contributed by atoms with Gasteiger partial charge in [0.05, 0.1) is 10.6 Å². The summed E-state index contributed by atoms with van der Waals surface area (Å²) in [6.07, 6.45) is 5.59. The van der Waals surface area contributed by atoms with Crippen LogP contribution in [0.25, 0.3) is 32.3 Å². The molecule has 0 aliphatic heterocycles. The smallest absolute Gasteiger partial charge is 0.345 e. The number of hydrogen-bond acceptors (Lipinski definition) is 4. The molecule has 0 fully saturated rings. The van der Waals surface area contributed by atoms with Crippen molar-refractivity contribution < 1.29 is 8.98 Å². The molecule has 4 nitrogen and oxygen atoms in total. The first-order valence-corrected chi connectivity index (χ1v) is 11.5. The number of para-hydroxylation sites is 1. The van der Waals surface area contributed by atoms with Gasteiger partial charge in [-0.05, 0) is 50.3 Å². The standard InChI is InChI=1S/C25H24ClN2O2S/c1-4-28(5-2)18-13-14-22-17(15-18)16-19(25(29)30-22)20(26)9-8-12-24-27(3)21-10-6-7-11-23(21)31-24/h6-16H,4-5H2,1-3H3/q+1/b12-8+,20-9-. The summed E-state index contributed by atoms with van der Waals surface area (Å²) in [4.78, 5) is 14.7. The number of thiazole rings is 1. The Morgan fingerprint density at radius 1 is 1.16 bits per heavy atom. The van der Waals surface area contributed by atoms with Gasteiger partial charge in [0.15, 0.2) is 0 Å². The van der Waals surface area contributed by atoms with E-state index in [1.165, 1.54) is 10.2 Å². The van der Waals surface area contributed by atoms with E-state index in [4.69, 9.17) is 16.0 Å². The molecule has 0 aliphatic rings. The SMILES string of the molecule is CCN(CC)c1ccc2oc(=O)c(/C(Cl)=C/C=C/c3sc4ccccc4[n+]3C)cc2c1. The number of hydrogen-bond donors (Lipinski definition) is 0. The highest BCUT2D eigenvalue weighted by atomic mass is 35.5. The molecule has 0 radical (unpaired) electrons. The number of anilines is 1. The highest BCUT2D eigenvalue weighted by Gasteiger charge is 2.13. The number of fused-ring (bicyclic) bond motifs is 2. The van der Waals surface area contributed by atoms with Crippen LogP contribution >= 0.6 is 22.9 Å². The average Bonchev–Trinajstić information content (AvgIpc) is 3.10. The molecule has 2 heterocycles. The molecular formula is C25H24ClN2O2S+. The van der Waals surface area contributed by atoms with Gasteiger partial charge in [0, 0.05) is 36.3 Å². The minimum absolute atomic E-state index is 0.351. The maximum absolute atomic E-state index is 12.5. The summed E-state index contributed by atoms with van der Waals surface area (Å²) in [5, 5.41) is 2.30. The van der Waals surface area contributed by atoms with Crippen LogP contribution in [0, 0.1) is 0 Å². The van der Waals surface area contributed by atoms with Crippen molar-refractivity contribution in [3.63, 3.8) is 0 Å². The molecule has 0 atom stereocenters. The van der Waals surface area contributed by atoms with Crippen LogP contribution in [0.3, 0.4) is 0 Å². The van der Waals surface area contributed by atoms with E-state index in [0.717, 1.165) is 29.2 Å². The number of allylic oxidation sites excluding steroid dienone is 2. The largest absolute Gasteiger partial charge is 0.422 e. The molecule has 0 spiro atoms. The molecule has 0 saturated carbocycles. The predicted molar refractivity (Wildman–Crippen MR) is 132 cm³/mol.